The zero-order valence-electron chi connectivity index (χ0n) is 12.9. The van der Waals surface area contributed by atoms with Crippen molar-refractivity contribution in [1.82, 2.24) is 5.32 Å². The molecule has 2 atom stereocenters. The molecule has 1 aromatic carbocycles. The summed E-state index contributed by atoms with van der Waals surface area (Å²) < 4.78 is 43.3. The summed E-state index contributed by atoms with van der Waals surface area (Å²) >= 11 is 5.50. The van der Waals surface area contributed by atoms with E-state index in [0.717, 1.165) is 6.07 Å². The number of ether oxygens (including phenoxy) is 1. The molecule has 0 radical (unpaired) electrons. The summed E-state index contributed by atoms with van der Waals surface area (Å²) in [5.41, 5.74) is -1.23. The molecule has 1 aromatic rings. The van der Waals surface area contributed by atoms with Crippen LogP contribution in [0.4, 0.5) is 18.9 Å². The fourth-order valence-corrected chi connectivity index (χ4v) is 2.39. The van der Waals surface area contributed by atoms with E-state index in [2.05, 4.69) is 10.6 Å². The first kappa shape index (κ1) is 19.0. The number of carbonyl (C=O) groups excluding carboxylic acids is 3. The van der Waals surface area contributed by atoms with Crippen molar-refractivity contribution >= 4 is 35.1 Å². The Labute approximate surface area is 145 Å². The number of hydrogen-bond acceptors (Lipinski definition) is 4. The molecule has 2 N–H and O–H groups in total. The predicted octanol–water partition coefficient (Wildman–Crippen LogP) is 2.51. The lowest BCUT2D eigenvalue weighted by molar-refractivity contribution is -0.155. The zero-order valence-corrected chi connectivity index (χ0v) is 13.7. The number of hydrogen-bond donors (Lipinski definition) is 2. The monoisotopic (exact) mass is 378 g/mol. The predicted molar refractivity (Wildman–Crippen MR) is 81.8 cm³/mol. The zero-order chi connectivity index (χ0) is 18.8. The van der Waals surface area contributed by atoms with Gasteiger partial charge in [0.15, 0.2) is 6.10 Å². The van der Waals surface area contributed by atoms with Crippen LogP contribution in [-0.4, -0.2) is 29.9 Å². The van der Waals surface area contributed by atoms with E-state index in [0.29, 0.717) is 6.07 Å². The van der Waals surface area contributed by atoms with Crippen LogP contribution in [0.1, 0.15) is 25.3 Å². The minimum absolute atomic E-state index is 0.140. The van der Waals surface area contributed by atoms with Gasteiger partial charge in [-0.05, 0) is 31.5 Å². The number of nitrogens with one attached hydrogen (secondary N) is 2. The first-order chi connectivity index (χ1) is 11.6. The molecule has 1 aliphatic heterocycles. The second-order valence-electron chi connectivity index (χ2n) is 5.42. The highest BCUT2D eigenvalue weighted by atomic mass is 35.5. The molecule has 1 heterocycles. The Balaban J connectivity index is 1.99. The van der Waals surface area contributed by atoms with Crippen molar-refractivity contribution in [2.75, 3.05) is 5.32 Å². The highest BCUT2D eigenvalue weighted by Gasteiger charge is 2.34. The molecular weight excluding hydrogens is 365 g/mol. The minimum atomic E-state index is -4.67. The molecule has 2 amide bonds. The third-order valence-electron chi connectivity index (χ3n) is 3.48. The Hall–Kier alpha value is -2.29. The minimum Gasteiger partial charge on any atom is -0.451 e. The van der Waals surface area contributed by atoms with Crippen molar-refractivity contribution in [3.63, 3.8) is 0 Å². The summed E-state index contributed by atoms with van der Waals surface area (Å²) in [6.45, 7) is 1.27. The average molecular weight is 379 g/mol. The van der Waals surface area contributed by atoms with Crippen LogP contribution in [0.2, 0.25) is 5.02 Å². The number of amides is 2. The maximum absolute atomic E-state index is 12.8. The van der Waals surface area contributed by atoms with Crippen LogP contribution in [0.5, 0.6) is 0 Å². The van der Waals surface area contributed by atoms with Gasteiger partial charge in [0.1, 0.15) is 6.04 Å². The van der Waals surface area contributed by atoms with E-state index in [-0.39, 0.29) is 24.4 Å². The number of alkyl halides is 3. The molecule has 0 spiro atoms. The number of benzene rings is 1. The second-order valence-corrected chi connectivity index (χ2v) is 5.83. The van der Waals surface area contributed by atoms with Crippen LogP contribution in [0.25, 0.3) is 0 Å². The van der Waals surface area contributed by atoms with Gasteiger partial charge in [-0.15, -0.1) is 0 Å². The summed E-state index contributed by atoms with van der Waals surface area (Å²) in [6, 6.07) is 2.06. The molecule has 0 aliphatic carbocycles. The SMILES string of the molecule is C[C@H](OC(=O)[C@@H]1CCC(=O)N1)C(=O)Nc1ccc(Cl)c(C(F)(F)F)c1. The summed E-state index contributed by atoms with van der Waals surface area (Å²) in [5.74, 6) is -1.88. The molecule has 1 saturated heterocycles. The maximum Gasteiger partial charge on any atom is 0.417 e. The van der Waals surface area contributed by atoms with Gasteiger partial charge < -0.3 is 15.4 Å². The molecular formula is C15H14ClF3N2O4. The fourth-order valence-electron chi connectivity index (χ4n) is 2.16. The molecule has 0 saturated carbocycles. The Bertz CT molecular complexity index is 709. The first-order valence-electron chi connectivity index (χ1n) is 7.25. The summed E-state index contributed by atoms with van der Waals surface area (Å²) in [4.78, 5) is 34.8. The van der Waals surface area contributed by atoms with Crippen LogP contribution in [0, 0.1) is 0 Å². The molecule has 1 fully saturated rings. The van der Waals surface area contributed by atoms with Gasteiger partial charge in [0.05, 0.1) is 10.6 Å². The van der Waals surface area contributed by atoms with Crippen molar-refractivity contribution in [2.45, 2.75) is 38.1 Å². The Morgan fingerprint density at radius 2 is 2.08 bits per heavy atom. The normalized spacial score (nSPS) is 18.4. The van der Waals surface area contributed by atoms with E-state index >= 15 is 0 Å². The smallest absolute Gasteiger partial charge is 0.417 e. The Kier molecular flexibility index (Phi) is 5.56. The summed E-state index contributed by atoms with van der Waals surface area (Å²) in [5, 5.41) is 4.12. The van der Waals surface area contributed by atoms with Gasteiger partial charge in [-0.2, -0.15) is 13.2 Å². The molecule has 25 heavy (non-hydrogen) atoms. The first-order valence-corrected chi connectivity index (χ1v) is 7.63. The maximum atomic E-state index is 12.8. The van der Waals surface area contributed by atoms with Crippen molar-refractivity contribution in [2.24, 2.45) is 0 Å². The molecule has 2 rings (SSSR count). The highest BCUT2D eigenvalue weighted by Crippen LogP contribution is 2.36. The number of rotatable bonds is 4. The van der Waals surface area contributed by atoms with Gasteiger partial charge >= 0.3 is 12.1 Å². The van der Waals surface area contributed by atoms with Crippen molar-refractivity contribution in [1.29, 1.82) is 0 Å². The summed E-state index contributed by atoms with van der Waals surface area (Å²) in [6.07, 6.45) is -5.48. The molecule has 0 aromatic heterocycles. The lowest BCUT2D eigenvalue weighted by Crippen LogP contribution is -2.39. The van der Waals surface area contributed by atoms with Crippen LogP contribution < -0.4 is 10.6 Å². The fraction of sp³-hybridized carbons (Fsp3) is 0.400. The molecule has 0 unspecified atom stereocenters. The molecule has 10 heteroatoms. The largest absolute Gasteiger partial charge is 0.451 e. The third kappa shape index (κ3) is 4.85. The molecule has 136 valence electrons. The Morgan fingerprint density at radius 3 is 2.64 bits per heavy atom. The van der Waals surface area contributed by atoms with E-state index in [4.69, 9.17) is 16.3 Å². The molecule has 1 aliphatic rings. The second kappa shape index (κ2) is 7.30. The lowest BCUT2D eigenvalue weighted by Gasteiger charge is -2.17. The van der Waals surface area contributed by atoms with Crippen molar-refractivity contribution in [3.05, 3.63) is 28.8 Å². The molecule has 6 nitrogen and oxygen atoms in total. The van der Waals surface area contributed by atoms with Gasteiger partial charge in [-0.1, -0.05) is 11.6 Å². The quantitative estimate of drug-likeness (QED) is 0.788. The van der Waals surface area contributed by atoms with Gasteiger partial charge in [0, 0.05) is 12.1 Å². The van der Waals surface area contributed by atoms with Gasteiger partial charge in [0.25, 0.3) is 5.91 Å². The topological polar surface area (TPSA) is 84.5 Å². The van der Waals surface area contributed by atoms with Crippen molar-refractivity contribution in [3.8, 4) is 0 Å². The van der Waals surface area contributed by atoms with E-state index in [1.165, 1.54) is 13.0 Å². The van der Waals surface area contributed by atoms with E-state index < -0.39 is 40.8 Å². The number of carbonyl (C=O) groups is 3. The van der Waals surface area contributed by atoms with Gasteiger partial charge in [-0.3, -0.25) is 9.59 Å². The number of anilines is 1. The average Bonchev–Trinajstić information content (AvgIpc) is 2.94. The van der Waals surface area contributed by atoms with E-state index in [1.54, 1.807) is 0 Å². The van der Waals surface area contributed by atoms with E-state index in [9.17, 15) is 27.6 Å². The van der Waals surface area contributed by atoms with E-state index in [1.807, 2.05) is 0 Å². The Morgan fingerprint density at radius 1 is 1.40 bits per heavy atom. The number of halogens is 4. The number of esters is 1. The third-order valence-corrected chi connectivity index (χ3v) is 3.81. The van der Waals surface area contributed by atoms with Gasteiger partial charge in [-0.25, -0.2) is 4.79 Å². The lowest BCUT2D eigenvalue weighted by atomic mass is 10.2. The van der Waals surface area contributed by atoms with Crippen LogP contribution in [0.15, 0.2) is 18.2 Å². The summed E-state index contributed by atoms with van der Waals surface area (Å²) in [7, 11) is 0. The van der Waals surface area contributed by atoms with Crippen LogP contribution in [-0.2, 0) is 25.3 Å². The molecule has 0 bridgehead atoms. The highest BCUT2D eigenvalue weighted by molar-refractivity contribution is 6.31. The van der Waals surface area contributed by atoms with Crippen LogP contribution >= 0.6 is 11.6 Å². The standard InChI is InChI=1S/C15H14ClF3N2O4/c1-7(25-14(24)11-4-5-12(22)21-11)13(23)20-8-2-3-10(16)9(6-8)15(17,18)19/h2-3,6-7,11H,4-5H2,1H3,(H,20,23)(H,21,22)/t7-,11-/m0/s1. The van der Waals surface area contributed by atoms with Crippen LogP contribution in [0.3, 0.4) is 0 Å². The van der Waals surface area contributed by atoms with Crippen molar-refractivity contribution < 1.29 is 32.3 Å². The van der Waals surface area contributed by atoms with Gasteiger partial charge in [0.2, 0.25) is 5.91 Å².